The summed E-state index contributed by atoms with van der Waals surface area (Å²) in [5.74, 6) is 0. The molecule has 0 radical (unpaired) electrons. The Morgan fingerprint density at radius 3 is 2.70 bits per heavy atom. The van der Waals surface area contributed by atoms with Crippen molar-refractivity contribution in [3.05, 3.63) is 29.3 Å². The standard InChI is InChI=1S/C18H27NO3S/c1-14-7-8-15(2)16(12-14)23(20,21)19-11-5-10-18(13-19)9-4-6-17(18)22-3/h7-8,12,17H,4-6,9-11,13H2,1-3H3/t17-,18+/m1/s1. The van der Waals surface area contributed by atoms with Crippen molar-refractivity contribution in [2.75, 3.05) is 20.2 Å². The second-order valence-electron chi connectivity index (χ2n) is 7.19. The molecule has 1 aliphatic heterocycles. The fourth-order valence-corrected chi connectivity index (χ4v) is 6.27. The molecule has 0 bridgehead atoms. The summed E-state index contributed by atoms with van der Waals surface area (Å²) in [7, 11) is -1.67. The summed E-state index contributed by atoms with van der Waals surface area (Å²) in [6.45, 7) is 5.03. The first-order valence-corrected chi connectivity index (χ1v) is 9.93. The number of piperidine rings is 1. The minimum absolute atomic E-state index is 0.0117. The van der Waals surface area contributed by atoms with Crippen molar-refractivity contribution in [1.29, 1.82) is 0 Å². The average molecular weight is 337 g/mol. The van der Waals surface area contributed by atoms with Gasteiger partial charge in [-0.1, -0.05) is 18.6 Å². The highest BCUT2D eigenvalue weighted by molar-refractivity contribution is 7.89. The smallest absolute Gasteiger partial charge is 0.243 e. The van der Waals surface area contributed by atoms with Gasteiger partial charge in [0, 0.05) is 25.6 Å². The van der Waals surface area contributed by atoms with Gasteiger partial charge >= 0.3 is 0 Å². The zero-order chi connectivity index (χ0) is 16.7. The number of ether oxygens (including phenoxy) is 1. The first-order chi connectivity index (χ1) is 10.9. The van der Waals surface area contributed by atoms with Crippen LogP contribution in [0.3, 0.4) is 0 Å². The predicted octanol–water partition coefficient (Wildman–Crippen LogP) is 3.27. The van der Waals surface area contributed by atoms with E-state index >= 15 is 0 Å². The maximum atomic E-state index is 13.2. The Kier molecular flexibility index (Phi) is 4.55. The molecule has 0 unspecified atom stereocenters. The molecule has 1 aliphatic carbocycles. The number of methoxy groups -OCH3 is 1. The molecular formula is C18H27NO3S. The first kappa shape index (κ1) is 16.9. The fourth-order valence-electron chi connectivity index (χ4n) is 4.39. The van der Waals surface area contributed by atoms with Crippen LogP contribution in [0.25, 0.3) is 0 Å². The summed E-state index contributed by atoms with van der Waals surface area (Å²) in [6, 6.07) is 5.66. The highest BCUT2D eigenvalue weighted by atomic mass is 32.2. The van der Waals surface area contributed by atoms with Gasteiger partial charge in [0.1, 0.15) is 0 Å². The third-order valence-corrected chi connectivity index (χ3v) is 7.63. The highest BCUT2D eigenvalue weighted by Crippen LogP contribution is 2.47. The Morgan fingerprint density at radius 1 is 1.22 bits per heavy atom. The van der Waals surface area contributed by atoms with Gasteiger partial charge in [0.15, 0.2) is 0 Å². The third kappa shape index (κ3) is 2.94. The molecule has 0 aromatic heterocycles. The van der Waals surface area contributed by atoms with Crippen LogP contribution < -0.4 is 0 Å². The van der Waals surface area contributed by atoms with Crippen molar-refractivity contribution in [2.24, 2.45) is 5.41 Å². The number of hydrogen-bond donors (Lipinski definition) is 0. The molecule has 1 spiro atoms. The molecule has 0 amide bonds. The maximum Gasteiger partial charge on any atom is 0.243 e. The van der Waals surface area contributed by atoms with Gasteiger partial charge in [0.05, 0.1) is 11.0 Å². The van der Waals surface area contributed by atoms with E-state index in [1.807, 2.05) is 26.0 Å². The van der Waals surface area contributed by atoms with Crippen molar-refractivity contribution in [3.8, 4) is 0 Å². The summed E-state index contributed by atoms with van der Waals surface area (Å²) in [5.41, 5.74) is 1.82. The summed E-state index contributed by atoms with van der Waals surface area (Å²) >= 11 is 0. The molecule has 2 fully saturated rings. The molecule has 23 heavy (non-hydrogen) atoms. The fraction of sp³-hybridized carbons (Fsp3) is 0.667. The second-order valence-corrected chi connectivity index (χ2v) is 9.10. The highest BCUT2D eigenvalue weighted by Gasteiger charge is 2.48. The Hall–Kier alpha value is -0.910. The van der Waals surface area contributed by atoms with Crippen LogP contribution in [-0.2, 0) is 14.8 Å². The number of hydrogen-bond acceptors (Lipinski definition) is 3. The van der Waals surface area contributed by atoms with Crippen molar-refractivity contribution in [1.82, 2.24) is 4.31 Å². The molecule has 3 rings (SSSR count). The first-order valence-electron chi connectivity index (χ1n) is 8.49. The molecule has 5 heteroatoms. The van der Waals surface area contributed by atoms with E-state index in [0.29, 0.717) is 18.0 Å². The van der Waals surface area contributed by atoms with E-state index in [4.69, 9.17) is 4.74 Å². The predicted molar refractivity (Wildman–Crippen MR) is 91.0 cm³/mol. The summed E-state index contributed by atoms with van der Waals surface area (Å²) in [4.78, 5) is 0.460. The molecular weight excluding hydrogens is 310 g/mol. The largest absolute Gasteiger partial charge is 0.381 e. The van der Waals surface area contributed by atoms with Crippen LogP contribution in [0, 0.1) is 19.3 Å². The lowest BCUT2D eigenvalue weighted by molar-refractivity contribution is -0.0184. The topological polar surface area (TPSA) is 46.6 Å². The molecule has 2 atom stereocenters. The van der Waals surface area contributed by atoms with Crippen molar-refractivity contribution in [3.63, 3.8) is 0 Å². The minimum atomic E-state index is -3.43. The molecule has 1 aromatic carbocycles. The van der Waals surface area contributed by atoms with E-state index in [0.717, 1.165) is 43.2 Å². The zero-order valence-corrected chi connectivity index (χ0v) is 15.2. The number of nitrogens with zero attached hydrogens (tertiary/aromatic N) is 1. The molecule has 2 aliphatic rings. The molecule has 4 nitrogen and oxygen atoms in total. The summed E-state index contributed by atoms with van der Waals surface area (Å²) in [6.07, 6.45) is 5.45. The van der Waals surface area contributed by atoms with Crippen LogP contribution >= 0.6 is 0 Å². The molecule has 1 aromatic rings. The number of rotatable bonds is 3. The van der Waals surface area contributed by atoms with Gasteiger partial charge in [-0.05, 0) is 56.7 Å². The number of sulfonamides is 1. The van der Waals surface area contributed by atoms with Crippen molar-refractivity contribution < 1.29 is 13.2 Å². The Bertz CT molecular complexity index is 686. The van der Waals surface area contributed by atoms with Crippen LogP contribution in [0.15, 0.2) is 23.1 Å². The quantitative estimate of drug-likeness (QED) is 0.850. The molecule has 1 saturated carbocycles. The van der Waals surface area contributed by atoms with Gasteiger partial charge in [0.2, 0.25) is 10.0 Å². The molecule has 1 heterocycles. The normalized spacial score (nSPS) is 29.3. The van der Waals surface area contributed by atoms with Crippen molar-refractivity contribution >= 4 is 10.0 Å². The lowest BCUT2D eigenvalue weighted by Crippen LogP contribution is -2.49. The number of benzene rings is 1. The third-order valence-electron chi connectivity index (χ3n) is 5.64. The number of aryl methyl sites for hydroxylation is 2. The maximum absolute atomic E-state index is 13.2. The second kappa shape index (κ2) is 6.19. The van der Waals surface area contributed by atoms with Gasteiger partial charge < -0.3 is 4.74 Å². The summed E-state index contributed by atoms with van der Waals surface area (Å²) in [5, 5.41) is 0. The zero-order valence-electron chi connectivity index (χ0n) is 14.3. The SMILES string of the molecule is CO[C@@H]1CCC[C@@]12CCCN(S(=O)(=O)c1cc(C)ccc1C)C2. The van der Waals surface area contributed by atoms with E-state index in [-0.39, 0.29) is 11.5 Å². The Balaban J connectivity index is 1.93. The molecule has 0 N–H and O–H groups in total. The van der Waals surface area contributed by atoms with Crippen LogP contribution in [0.5, 0.6) is 0 Å². The van der Waals surface area contributed by atoms with E-state index in [1.165, 1.54) is 0 Å². The van der Waals surface area contributed by atoms with Crippen LogP contribution in [0.4, 0.5) is 0 Å². The monoisotopic (exact) mass is 337 g/mol. The van der Waals surface area contributed by atoms with E-state index in [9.17, 15) is 8.42 Å². The lowest BCUT2D eigenvalue weighted by Gasteiger charge is -2.43. The molecule has 1 saturated heterocycles. The van der Waals surface area contributed by atoms with E-state index < -0.39 is 10.0 Å². The van der Waals surface area contributed by atoms with Crippen LogP contribution in [0.1, 0.15) is 43.2 Å². The van der Waals surface area contributed by atoms with Gasteiger partial charge in [-0.2, -0.15) is 4.31 Å². The van der Waals surface area contributed by atoms with Gasteiger partial charge in [0.25, 0.3) is 0 Å². The lowest BCUT2D eigenvalue weighted by atomic mass is 9.77. The van der Waals surface area contributed by atoms with Crippen LogP contribution in [0.2, 0.25) is 0 Å². The van der Waals surface area contributed by atoms with Gasteiger partial charge in [-0.15, -0.1) is 0 Å². The van der Waals surface area contributed by atoms with E-state index in [2.05, 4.69) is 0 Å². The average Bonchev–Trinajstić information content (AvgIpc) is 2.91. The Morgan fingerprint density at radius 2 is 1.96 bits per heavy atom. The van der Waals surface area contributed by atoms with E-state index in [1.54, 1.807) is 17.5 Å². The Labute approximate surface area is 139 Å². The summed E-state index contributed by atoms with van der Waals surface area (Å²) < 4.78 is 33.8. The van der Waals surface area contributed by atoms with Gasteiger partial charge in [-0.25, -0.2) is 8.42 Å². The van der Waals surface area contributed by atoms with Gasteiger partial charge in [-0.3, -0.25) is 0 Å². The van der Waals surface area contributed by atoms with Crippen molar-refractivity contribution in [2.45, 2.75) is 57.0 Å². The minimum Gasteiger partial charge on any atom is -0.381 e. The molecule has 128 valence electrons. The van der Waals surface area contributed by atoms with Crippen LogP contribution in [-0.4, -0.2) is 39.0 Å².